The zero-order valence-corrected chi connectivity index (χ0v) is 11.7. The highest BCUT2D eigenvalue weighted by Crippen LogP contribution is 2.22. The molecule has 3 rings (SSSR count). The number of benzene rings is 3. The van der Waals surface area contributed by atoms with Gasteiger partial charge in [-0.15, -0.1) is 5.73 Å². The van der Waals surface area contributed by atoms with E-state index in [2.05, 4.69) is 66.4 Å². The third-order valence-corrected chi connectivity index (χ3v) is 3.31. The van der Waals surface area contributed by atoms with Crippen LogP contribution in [0.1, 0.15) is 16.7 Å². The van der Waals surface area contributed by atoms with Crippen LogP contribution in [0.25, 0.3) is 11.6 Å². The minimum absolute atomic E-state index is 1.11. The van der Waals surface area contributed by atoms with E-state index < -0.39 is 0 Å². The second-order valence-corrected chi connectivity index (χ2v) is 4.81. The zero-order valence-electron chi connectivity index (χ0n) is 11.7. The van der Waals surface area contributed by atoms with Crippen LogP contribution in [-0.2, 0) is 0 Å². The minimum Gasteiger partial charge on any atom is -0.111 e. The molecular formula is C21H16. The number of hydrogen-bond donors (Lipinski definition) is 0. The predicted molar refractivity (Wildman–Crippen MR) is 89.8 cm³/mol. The largest absolute Gasteiger partial charge is 0.111 e. The molecule has 0 atom stereocenters. The van der Waals surface area contributed by atoms with Gasteiger partial charge in [0.05, 0.1) is 0 Å². The fourth-order valence-corrected chi connectivity index (χ4v) is 2.25. The summed E-state index contributed by atoms with van der Waals surface area (Å²) >= 11 is 0. The first kappa shape index (κ1) is 13.2. The summed E-state index contributed by atoms with van der Waals surface area (Å²) in [5.41, 5.74) is 8.08. The topological polar surface area (TPSA) is 0 Å². The molecule has 0 unspecified atom stereocenters. The first-order chi connectivity index (χ1) is 10.4. The lowest BCUT2D eigenvalue weighted by Crippen LogP contribution is -1.85. The Hall–Kier alpha value is -2.82. The van der Waals surface area contributed by atoms with Crippen LogP contribution in [-0.4, -0.2) is 0 Å². The molecule has 0 bridgehead atoms. The lowest BCUT2D eigenvalue weighted by atomic mass is 9.98. The van der Waals surface area contributed by atoms with Crippen molar-refractivity contribution in [3.63, 3.8) is 0 Å². The first-order valence-corrected chi connectivity index (χ1v) is 7.06. The molecule has 21 heavy (non-hydrogen) atoms. The molecule has 0 nitrogen and oxygen atoms in total. The van der Waals surface area contributed by atoms with E-state index in [-0.39, 0.29) is 0 Å². The van der Waals surface area contributed by atoms with E-state index in [1.54, 1.807) is 0 Å². The molecule has 0 aromatic heterocycles. The summed E-state index contributed by atoms with van der Waals surface area (Å²) in [6.07, 6.45) is 2.04. The molecule has 0 saturated carbocycles. The summed E-state index contributed by atoms with van der Waals surface area (Å²) in [5.74, 6) is 0. The van der Waals surface area contributed by atoms with Gasteiger partial charge in [0, 0.05) is 5.57 Å². The van der Waals surface area contributed by atoms with Crippen LogP contribution in [0.15, 0.2) is 96.7 Å². The monoisotopic (exact) mass is 268 g/mol. The summed E-state index contributed by atoms with van der Waals surface area (Å²) < 4.78 is 0. The maximum absolute atomic E-state index is 3.46. The van der Waals surface area contributed by atoms with E-state index in [1.807, 2.05) is 36.4 Å². The van der Waals surface area contributed by atoms with Crippen LogP contribution in [0.2, 0.25) is 0 Å². The van der Waals surface area contributed by atoms with Gasteiger partial charge in [-0.05, 0) is 22.8 Å². The van der Waals surface area contributed by atoms with E-state index in [9.17, 15) is 0 Å². The van der Waals surface area contributed by atoms with Gasteiger partial charge in [0.2, 0.25) is 0 Å². The molecule has 0 heterocycles. The van der Waals surface area contributed by atoms with Crippen LogP contribution in [0.4, 0.5) is 0 Å². The third kappa shape index (κ3) is 3.39. The Balaban J connectivity index is 2.11. The molecule has 0 radical (unpaired) electrons. The van der Waals surface area contributed by atoms with Crippen molar-refractivity contribution in [1.29, 1.82) is 0 Å². The van der Waals surface area contributed by atoms with Crippen molar-refractivity contribution in [3.05, 3.63) is 113 Å². The SMILES string of the molecule is C(=Cc1ccccc1)=C(c1ccccc1)c1ccccc1. The molecule has 3 aromatic carbocycles. The van der Waals surface area contributed by atoms with E-state index in [1.165, 1.54) is 11.1 Å². The van der Waals surface area contributed by atoms with Crippen LogP contribution in [0.3, 0.4) is 0 Å². The Bertz CT molecular complexity index is 705. The fourth-order valence-electron chi connectivity index (χ4n) is 2.25. The molecule has 0 spiro atoms. The summed E-state index contributed by atoms with van der Waals surface area (Å²) in [5, 5.41) is 0. The zero-order chi connectivity index (χ0) is 14.3. The Labute approximate surface area is 125 Å². The molecule has 3 aromatic rings. The molecule has 100 valence electrons. The van der Waals surface area contributed by atoms with Gasteiger partial charge < -0.3 is 0 Å². The van der Waals surface area contributed by atoms with Crippen LogP contribution < -0.4 is 0 Å². The average molecular weight is 268 g/mol. The van der Waals surface area contributed by atoms with Crippen molar-refractivity contribution in [2.24, 2.45) is 0 Å². The fraction of sp³-hybridized carbons (Fsp3) is 0. The standard InChI is InChI=1S/C21H16/c1-4-10-18(11-5-1)16-17-21(19-12-6-2-7-13-19)20-14-8-3-9-15-20/h1-16H. The molecule has 0 fully saturated rings. The molecular weight excluding hydrogens is 252 g/mol. The smallest absolute Gasteiger partial charge is 0.0309 e. The summed E-state index contributed by atoms with van der Waals surface area (Å²) in [4.78, 5) is 0. The normalized spacial score (nSPS) is 9.71. The summed E-state index contributed by atoms with van der Waals surface area (Å²) in [6, 6.07) is 31.1. The molecule has 0 aliphatic heterocycles. The Morgan fingerprint density at radius 3 is 1.48 bits per heavy atom. The highest BCUT2D eigenvalue weighted by Gasteiger charge is 2.02. The van der Waals surface area contributed by atoms with Gasteiger partial charge in [0.1, 0.15) is 0 Å². The minimum atomic E-state index is 1.11. The van der Waals surface area contributed by atoms with E-state index in [0.717, 1.165) is 11.1 Å². The highest BCUT2D eigenvalue weighted by molar-refractivity contribution is 5.81. The lowest BCUT2D eigenvalue weighted by Gasteiger charge is -2.05. The van der Waals surface area contributed by atoms with Crippen LogP contribution >= 0.6 is 0 Å². The predicted octanol–water partition coefficient (Wildman–Crippen LogP) is 5.43. The summed E-state index contributed by atoms with van der Waals surface area (Å²) in [7, 11) is 0. The van der Waals surface area contributed by atoms with Crippen molar-refractivity contribution >= 4 is 11.6 Å². The van der Waals surface area contributed by atoms with Crippen LogP contribution in [0.5, 0.6) is 0 Å². The van der Waals surface area contributed by atoms with E-state index in [4.69, 9.17) is 0 Å². The van der Waals surface area contributed by atoms with E-state index in [0.29, 0.717) is 0 Å². The van der Waals surface area contributed by atoms with Gasteiger partial charge in [-0.25, -0.2) is 0 Å². The Morgan fingerprint density at radius 1 is 0.571 bits per heavy atom. The average Bonchev–Trinajstić information content (AvgIpc) is 2.58. The third-order valence-electron chi connectivity index (χ3n) is 3.31. The lowest BCUT2D eigenvalue weighted by molar-refractivity contribution is 1.55. The highest BCUT2D eigenvalue weighted by atomic mass is 14.1. The van der Waals surface area contributed by atoms with E-state index >= 15 is 0 Å². The second-order valence-electron chi connectivity index (χ2n) is 4.81. The molecule has 0 N–H and O–H groups in total. The molecule has 0 aliphatic carbocycles. The van der Waals surface area contributed by atoms with Crippen LogP contribution in [0, 0.1) is 0 Å². The molecule has 0 aliphatic rings. The first-order valence-electron chi connectivity index (χ1n) is 7.06. The van der Waals surface area contributed by atoms with Crippen molar-refractivity contribution < 1.29 is 0 Å². The number of hydrogen-bond acceptors (Lipinski definition) is 0. The molecule has 0 saturated heterocycles. The maximum atomic E-state index is 3.46. The Kier molecular flexibility index (Phi) is 4.12. The van der Waals surface area contributed by atoms with Gasteiger partial charge in [-0.1, -0.05) is 91.0 Å². The second kappa shape index (κ2) is 6.56. The molecule has 0 amide bonds. The van der Waals surface area contributed by atoms with Gasteiger partial charge in [0.25, 0.3) is 0 Å². The van der Waals surface area contributed by atoms with Crippen molar-refractivity contribution in [1.82, 2.24) is 0 Å². The summed E-state index contributed by atoms with van der Waals surface area (Å²) in [6.45, 7) is 0. The van der Waals surface area contributed by atoms with Gasteiger partial charge in [0.15, 0.2) is 0 Å². The van der Waals surface area contributed by atoms with Crippen molar-refractivity contribution in [2.45, 2.75) is 0 Å². The van der Waals surface area contributed by atoms with Gasteiger partial charge >= 0.3 is 0 Å². The Morgan fingerprint density at radius 2 is 1.00 bits per heavy atom. The van der Waals surface area contributed by atoms with Gasteiger partial charge in [-0.2, -0.15) is 0 Å². The van der Waals surface area contributed by atoms with Gasteiger partial charge in [-0.3, -0.25) is 0 Å². The maximum Gasteiger partial charge on any atom is 0.0309 e. The quantitative estimate of drug-likeness (QED) is 0.555. The molecule has 0 heteroatoms. The van der Waals surface area contributed by atoms with Crippen molar-refractivity contribution in [3.8, 4) is 0 Å². The number of rotatable bonds is 3. The van der Waals surface area contributed by atoms with Crippen molar-refractivity contribution in [2.75, 3.05) is 0 Å².